The van der Waals surface area contributed by atoms with Crippen molar-refractivity contribution >= 4 is 54.2 Å². The summed E-state index contributed by atoms with van der Waals surface area (Å²) in [5.74, 6) is -1.01. The highest BCUT2D eigenvalue weighted by Gasteiger charge is 2.26. The fraction of sp³-hybridized carbons (Fsp3) is 0.371. The molecule has 0 spiro atoms. The van der Waals surface area contributed by atoms with Crippen molar-refractivity contribution in [3.63, 3.8) is 0 Å². The van der Waals surface area contributed by atoms with E-state index in [9.17, 15) is 28.9 Å². The van der Waals surface area contributed by atoms with E-state index in [2.05, 4.69) is 15.3 Å². The first-order valence-corrected chi connectivity index (χ1v) is 18.3. The molecule has 19 heteroatoms. The second-order valence-corrected chi connectivity index (χ2v) is 14.7. The van der Waals surface area contributed by atoms with Gasteiger partial charge in [-0.3, -0.25) is 23.5 Å². The number of carboxylic acid groups (broad SMARTS) is 1. The summed E-state index contributed by atoms with van der Waals surface area (Å²) in [5.41, 5.74) is 8.57. The molecule has 2 aromatic heterocycles. The number of anilines is 2. The molecular formula is C35H46N8O10P+. The van der Waals surface area contributed by atoms with E-state index in [4.69, 9.17) is 29.6 Å². The summed E-state index contributed by atoms with van der Waals surface area (Å²) in [6, 6.07) is 16.9. The van der Waals surface area contributed by atoms with E-state index < -0.39 is 38.3 Å². The van der Waals surface area contributed by atoms with E-state index >= 15 is 0 Å². The smallest absolute Gasteiger partial charge is 0.465 e. The van der Waals surface area contributed by atoms with Crippen molar-refractivity contribution in [3.8, 4) is 0 Å². The second-order valence-electron chi connectivity index (χ2n) is 13.2. The minimum absolute atomic E-state index is 0.0141. The first kappa shape index (κ1) is 41.5. The molecule has 0 bridgehead atoms. The number of fused-ring (bicyclic) bond motifs is 1. The SMILES string of the molecule is Cn1c(CNc2ccc(/C(N)=N/C(=O)O)cc2)nc2cc(C(=O)N(CCC(=O)OCC(CO)COP(=O)(O)OCC[N+](C)(C)C)c3ccccn3)ccc21. The Hall–Kier alpha value is -5.23. The zero-order valence-electron chi connectivity index (χ0n) is 30.5. The van der Waals surface area contributed by atoms with Crippen LogP contribution in [0.15, 0.2) is 71.9 Å². The van der Waals surface area contributed by atoms with Crippen molar-refractivity contribution in [2.45, 2.75) is 13.0 Å². The number of likely N-dealkylation sites (N-methyl/N-ethyl adjacent to an activating group) is 1. The Labute approximate surface area is 312 Å². The van der Waals surface area contributed by atoms with E-state index in [0.29, 0.717) is 45.9 Å². The van der Waals surface area contributed by atoms with Gasteiger partial charge in [0, 0.05) is 42.5 Å². The summed E-state index contributed by atoms with van der Waals surface area (Å²) < 4.78 is 29.9. The molecule has 2 heterocycles. The predicted octanol–water partition coefficient (Wildman–Crippen LogP) is 2.99. The van der Waals surface area contributed by atoms with Crippen LogP contribution in [0.4, 0.5) is 16.3 Å². The lowest BCUT2D eigenvalue weighted by atomic mass is 10.1. The number of nitrogens with two attached hydrogens (primary N) is 1. The number of amidine groups is 1. The number of aryl methyl sites for hydroxylation is 1. The maximum atomic E-state index is 13.9. The number of amides is 2. The molecule has 2 amide bonds. The van der Waals surface area contributed by atoms with Crippen LogP contribution in [0.25, 0.3) is 11.0 Å². The number of rotatable bonds is 19. The van der Waals surface area contributed by atoms with Gasteiger partial charge in [0.15, 0.2) is 0 Å². The van der Waals surface area contributed by atoms with Crippen LogP contribution < -0.4 is 16.0 Å². The van der Waals surface area contributed by atoms with Crippen molar-refractivity contribution in [2.75, 3.05) is 70.9 Å². The molecule has 0 aliphatic carbocycles. The summed E-state index contributed by atoms with van der Waals surface area (Å²) in [6.45, 7) is -0.448. The molecule has 0 fully saturated rings. The number of aliphatic imine (C=N–C) groups is 1. The molecule has 0 aliphatic rings. The number of benzene rings is 2. The molecule has 290 valence electrons. The van der Waals surface area contributed by atoms with Gasteiger partial charge >= 0.3 is 19.9 Å². The molecule has 2 unspecified atom stereocenters. The molecular weight excluding hydrogens is 723 g/mol. The number of phosphoric acid groups is 1. The maximum absolute atomic E-state index is 13.9. The summed E-state index contributed by atoms with van der Waals surface area (Å²) in [4.78, 5) is 61.1. The first-order valence-electron chi connectivity index (χ1n) is 16.8. The Balaban J connectivity index is 1.37. The number of imidazole rings is 1. The summed E-state index contributed by atoms with van der Waals surface area (Å²) in [7, 11) is 3.18. The van der Waals surface area contributed by atoms with Crippen molar-refractivity contribution < 1.29 is 52.3 Å². The van der Waals surface area contributed by atoms with Crippen LogP contribution in [-0.4, -0.2) is 119 Å². The number of hydrogen-bond donors (Lipinski definition) is 5. The number of hydrogen-bond acceptors (Lipinski definition) is 11. The summed E-state index contributed by atoms with van der Waals surface area (Å²) in [6.07, 6.45) is -0.0649. The molecule has 54 heavy (non-hydrogen) atoms. The number of aromatic nitrogens is 3. The number of aliphatic hydroxyl groups is 1. The van der Waals surface area contributed by atoms with Crippen molar-refractivity contribution in [1.29, 1.82) is 0 Å². The molecule has 2 aromatic carbocycles. The predicted molar refractivity (Wildman–Crippen MR) is 200 cm³/mol. The third-order valence-corrected chi connectivity index (χ3v) is 8.99. The third-order valence-electron chi connectivity index (χ3n) is 8.01. The summed E-state index contributed by atoms with van der Waals surface area (Å²) in [5, 5.41) is 21.8. The Morgan fingerprint density at radius 1 is 1.06 bits per heavy atom. The van der Waals surface area contributed by atoms with Gasteiger partial charge in [0.25, 0.3) is 5.91 Å². The van der Waals surface area contributed by atoms with E-state index in [0.717, 1.165) is 11.2 Å². The first-order chi connectivity index (χ1) is 25.5. The number of carbonyl (C=O) groups is 3. The summed E-state index contributed by atoms with van der Waals surface area (Å²) >= 11 is 0. The van der Waals surface area contributed by atoms with Gasteiger partial charge in [-0.25, -0.2) is 19.3 Å². The van der Waals surface area contributed by atoms with Crippen LogP contribution in [-0.2, 0) is 36.7 Å². The zero-order valence-corrected chi connectivity index (χ0v) is 31.4. The van der Waals surface area contributed by atoms with E-state index in [1.165, 1.54) is 11.1 Å². The topological polar surface area (TPSA) is 241 Å². The average molecular weight is 770 g/mol. The van der Waals surface area contributed by atoms with Gasteiger partial charge in [-0.05, 0) is 54.6 Å². The number of aliphatic hydroxyl groups excluding tert-OH is 1. The van der Waals surface area contributed by atoms with Crippen LogP contribution in [0, 0.1) is 5.92 Å². The van der Waals surface area contributed by atoms with Crippen LogP contribution in [0.2, 0.25) is 0 Å². The molecule has 0 aliphatic heterocycles. The van der Waals surface area contributed by atoms with Crippen LogP contribution in [0.1, 0.15) is 28.2 Å². The largest absolute Gasteiger partial charge is 0.472 e. The zero-order chi connectivity index (χ0) is 39.5. The van der Waals surface area contributed by atoms with E-state index in [1.54, 1.807) is 60.7 Å². The molecule has 0 saturated heterocycles. The number of nitrogens with one attached hydrogen (secondary N) is 1. The number of pyridine rings is 1. The normalized spacial score (nSPS) is 13.6. The lowest BCUT2D eigenvalue weighted by molar-refractivity contribution is -0.870. The van der Waals surface area contributed by atoms with Crippen LogP contribution in [0.3, 0.4) is 0 Å². The Morgan fingerprint density at radius 3 is 2.43 bits per heavy atom. The fourth-order valence-corrected chi connectivity index (χ4v) is 5.73. The number of ether oxygens (including phenoxy) is 1. The van der Waals surface area contributed by atoms with Gasteiger partial charge in [0.05, 0.1) is 65.0 Å². The Bertz CT molecular complexity index is 1980. The highest BCUT2D eigenvalue weighted by molar-refractivity contribution is 7.47. The van der Waals surface area contributed by atoms with Gasteiger partial charge in [-0.15, -0.1) is 0 Å². The van der Waals surface area contributed by atoms with Gasteiger partial charge in [0.1, 0.15) is 30.6 Å². The number of phosphoric ester groups is 1. The second kappa shape index (κ2) is 18.7. The van der Waals surface area contributed by atoms with Gasteiger partial charge < -0.3 is 39.9 Å². The van der Waals surface area contributed by atoms with E-state index in [-0.39, 0.29) is 38.6 Å². The third kappa shape index (κ3) is 12.4. The average Bonchev–Trinajstić information content (AvgIpc) is 3.44. The molecule has 18 nitrogen and oxygen atoms in total. The molecule has 2 atom stereocenters. The number of carbonyl (C=O) groups excluding carboxylic acids is 2. The monoisotopic (exact) mass is 769 g/mol. The van der Waals surface area contributed by atoms with Crippen LogP contribution >= 0.6 is 7.82 Å². The molecule has 6 N–H and O–H groups in total. The standard InChI is InChI=1S/C35H45N8O10P/c1-41-29-13-10-26(19-28(29)39-31(41)20-38-27-11-8-25(9-12-27)33(36)40-35(47)48)34(46)42(30-7-5-6-15-37-30)16-14-32(45)51-22-24(21-44)23-53-54(49,50)52-18-17-43(2,3)4/h5-13,15,19,24,44H,14,16-18,20-23H2,1-4H3,(H4-,36,38,40,47,48,49,50)/p+1. The number of esters is 1. The molecule has 4 aromatic rings. The highest BCUT2D eigenvalue weighted by atomic mass is 31.2. The van der Waals surface area contributed by atoms with E-state index in [1.807, 2.05) is 32.8 Å². The Kier molecular flexibility index (Phi) is 14.4. The molecule has 0 saturated carbocycles. The molecule has 4 rings (SSSR count). The van der Waals surface area contributed by atoms with Crippen molar-refractivity contribution in [2.24, 2.45) is 23.7 Å². The van der Waals surface area contributed by atoms with Crippen molar-refractivity contribution in [3.05, 3.63) is 83.8 Å². The fourth-order valence-electron chi connectivity index (χ4n) is 4.94. The quantitative estimate of drug-likeness (QED) is 0.0303. The maximum Gasteiger partial charge on any atom is 0.472 e. The van der Waals surface area contributed by atoms with Crippen LogP contribution in [0.5, 0.6) is 0 Å². The van der Waals surface area contributed by atoms with Crippen molar-refractivity contribution in [1.82, 2.24) is 14.5 Å². The van der Waals surface area contributed by atoms with Gasteiger partial charge in [-0.2, -0.15) is 4.99 Å². The lowest BCUT2D eigenvalue weighted by Crippen LogP contribution is -2.37. The van der Waals surface area contributed by atoms with Gasteiger partial charge in [0.2, 0.25) is 0 Å². The molecule has 0 radical (unpaired) electrons. The Morgan fingerprint density at radius 2 is 1.78 bits per heavy atom. The lowest BCUT2D eigenvalue weighted by Gasteiger charge is -2.24. The highest BCUT2D eigenvalue weighted by Crippen LogP contribution is 2.43. The number of nitrogens with zero attached hydrogens (tertiary/aromatic N) is 6. The van der Waals surface area contributed by atoms with Gasteiger partial charge in [-0.1, -0.05) is 6.07 Å². The number of quaternary nitrogens is 1. The minimum Gasteiger partial charge on any atom is -0.465 e. The minimum atomic E-state index is -4.38.